The van der Waals surface area contributed by atoms with Gasteiger partial charge in [-0.15, -0.1) is 11.8 Å². The molecule has 2 rings (SSSR count). The van der Waals surface area contributed by atoms with E-state index in [0.717, 1.165) is 6.42 Å². The van der Waals surface area contributed by atoms with Gasteiger partial charge in [0.15, 0.2) is 6.61 Å². The molecule has 7 heteroatoms. The van der Waals surface area contributed by atoms with Crippen molar-refractivity contribution in [1.29, 1.82) is 0 Å². The van der Waals surface area contributed by atoms with E-state index in [0.29, 0.717) is 29.6 Å². The summed E-state index contributed by atoms with van der Waals surface area (Å²) in [6.45, 7) is 1.35. The van der Waals surface area contributed by atoms with Gasteiger partial charge in [-0.05, 0) is 30.7 Å². The minimum atomic E-state index is -0.235. The van der Waals surface area contributed by atoms with Gasteiger partial charge in [0, 0.05) is 23.4 Å². The fourth-order valence-electron chi connectivity index (χ4n) is 2.10. The lowest BCUT2D eigenvalue weighted by Crippen LogP contribution is -2.33. The Balaban J connectivity index is 1.72. The lowest BCUT2D eigenvalue weighted by molar-refractivity contribution is -0.137. The molecule has 0 saturated carbocycles. The van der Waals surface area contributed by atoms with Gasteiger partial charge < -0.3 is 14.4 Å². The average Bonchev–Trinajstić information content (AvgIpc) is 3.00. The molecule has 1 aromatic rings. The summed E-state index contributed by atoms with van der Waals surface area (Å²) in [4.78, 5) is 25.0. The van der Waals surface area contributed by atoms with Crippen LogP contribution in [0.4, 0.5) is 0 Å². The molecule has 1 saturated heterocycles. The largest absolute Gasteiger partial charge is 0.484 e. The highest BCUT2D eigenvalue weighted by Gasteiger charge is 2.27. The quantitative estimate of drug-likeness (QED) is 0.741. The summed E-state index contributed by atoms with van der Waals surface area (Å²) in [5.74, 6) is 0.662. The molecule has 0 unspecified atom stereocenters. The van der Waals surface area contributed by atoms with Crippen LogP contribution in [0.2, 0.25) is 5.02 Å². The number of hydrogen-bond acceptors (Lipinski definition) is 5. The van der Waals surface area contributed by atoms with Gasteiger partial charge in [-0.2, -0.15) is 0 Å². The lowest BCUT2D eigenvalue weighted by atomic mass is 10.3. The molecule has 22 heavy (non-hydrogen) atoms. The van der Waals surface area contributed by atoms with E-state index in [1.54, 1.807) is 29.2 Å². The number of halogens is 1. The highest BCUT2D eigenvalue weighted by atomic mass is 35.5. The van der Waals surface area contributed by atoms with Crippen LogP contribution in [0.1, 0.15) is 6.42 Å². The predicted octanol–water partition coefficient (Wildman–Crippen LogP) is 2.23. The molecule has 1 fully saturated rings. The van der Waals surface area contributed by atoms with Crippen LogP contribution in [0.25, 0.3) is 0 Å². The molecule has 0 spiro atoms. The molecule has 5 nitrogen and oxygen atoms in total. The van der Waals surface area contributed by atoms with E-state index in [1.807, 2.05) is 0 Å². The number of rotatable bonds is 6. The van der Waals surface area contributed by atoms with Crippen molar-refractivity contribution >= 4 is 35.2 Å². The fourth-order valence-corrected chi connectivity index (χ4v) is 3.28. The third-order valence-electron chi connectivity index (χ3n) is 3.34. The number of carbonyl (C=O) groups excluding carboxylic acids is 2. The van der Waals surface area contributed by atoms with Gasteiger partial charge in [0.25, 0.3) is 5.91 Å². The maximum absolute atomic E-state index is 12.1. The number of hydrogen-bond donors (Lipinski definition) is 0. The Morgan fingerprint density at radius 3 is 2.77 bits per heavy atom. The van der Waals surface area contributed by atoms with Crippen LogP contribution < -0.4 is 4.74 Å². The van der Waals surface area contributed by atoms with E-state index in [4.69, 9.17) is 16.3 Å². The summed E-state index contributed by atoms with van der Waals surface area (Å²) in [6.07, 6.45) is 0.883. The van der Waals surface area contributed by atoms with Crippen molar-refractivity contribution in [2.45, 2.75) is 11.7 Å². The van der Waals surface area contributed by atoms with Crippen LogP contribution in [-0.4, -0.2) is 54.6 Å². The molecule has 0 aliphatic carbocycles. The van der Waals surface area contributed by atoms with Gasteiger partial charge in [-0.1, -0.05) is 11.6 Å². The van der Waals surface area contributed by atoms with Crippen LogP contribution in [0.15, 0.2) is 24.3 Å². The third kappa shape index (κ3) is 5.10. The predicted molar refractivity (Wildman–Crippen MR) is 86.4 cm³/mol. The van der Waals surface area contributed by atoms with E-state index in [9.17, 15) is 9.59 Å². The van der Waals surface area contributed by atoms with Crippen molar-refractivity contribution in [1.82, 2.24) is 4.90 Å². The van der Waals surface area contributed by atoms with E-state index >= 15 is 0 Å². The molecule has 1 amide bonds. The second-order valence-electron chi connectivity index (χ2n) is 4.88. The second-order valence-corrected chi connectivity index (χ2v) is 6.61. The second kappa shape index (κ2) is 8.29. The first-order valence-electron chi connectivity index (χ1n) is 6.93. The maximum atomic E-state index is 12.1. The van der Waals surface area contributed by atoms with Crippen LogP contribution >= 0.6 is 23.4 Å². The molecule has 0 aromatic heterocycles. The fraction of sp³-hybridized carbons (Fsp3) is 0.467. The van der Waals surface area contributed by atoms with E-state index in [1.165, 1.54) is 18.9 Å². The van der Waals surface area contributed by atoms with Gasteiger partial charge in [0.2, 0.25) is 0 Å². The number of ether oxygens (including phenoxy) is 2. The summed E-state index contributed by atoms with van der Waals surface area (Å²) < 4.78 is 10.1. The molecule has 1 heterocycles. The summed E-state index contributed by atoms with van der Waals surface area (Å²) >= 11 is 7.32. The van der Waals surface area contributed by atoms with Crippen molar-refractivity contribution in [2.75, 3.05) is 32.6 Å². The van der Waals surface area contributed by atoms with Crippen molar-refractivity contribution in [3.63, 3.8) is 0 Å². The van der Waals surface area contributed by atoms with Gasteiger partial charge in [0.05, 0.1) is 12.9 Å². The highest BCUT2D eigenvalue weighted by molar-refractivity contribution is 8.00. The van der Waals surface area contributed by atoms with Gasteiger partial charge in [0.1, 0.15) is 5.75 Å². The third-order valence-corrected chi connectivity index (χ3v) is 4.85. The normalized spacial score (nSPS) is 17.4. The molecule has 1 aromatic carbocycles. The molecule has 1 aliphatic rings. The first kappa shape index (κ1) is 17.0. The molecule has 0 bridgehead atoms. The number of carbonyl (C=O) groups is 2. The number of thioether (sulfide) groups is 1. The number of amides is 1. The van der Waals surface area contributed by atoms with Crippen molar-refractivity contribution in [3.8, 4) is 5.75 Å². The number of benzene rings is 1. The minimum absolute atomic E-state index is 0.00994. The Labute approximate surface area is 138 Å². The Hall–Kier alpha value is -1.40. The summed E-state index contributed by atoms with van der Waals surface area (Å²) in [7, 11) is 1.38. The lowest BCUT2D eigenvalue weighted by Gasteiger charge is -2.16. The van der Waals surface area contributed by atoms with Crippen LogP contribution in [0.5, 0.6) is 5.75 Å². The first-order valence-corrected chi connectivity index (χ1v) is 8.35. The molecule has 120 valence electrons. The monoisotopic (exact) mass is 343 g/mol. The first-order chi connectivity index (χ1) is 10.6. The zero-order chi connectivity index (χ0) is 15.9. The molecule has 0 radical (unpaired) electrons. The maximum Gasteiger partial charge on any atom is 0.315 e. The Bertz CT molecular complexity index is 523. The topological polar surface area (TPSA) is 55.8 Å². The summed E-state index contributed by atoms with van der Waals surface area (Å²) in [5.41, 5.74) is 0. The summed E-state index contributed by atoms with van der Waals surface area (Å²) in [5, 5.41) is 0.905. The SMILES string of the molecule is COC(=O)CS[C@@H]1CCN(C(=O)COc2ccc(Cl)cc2)C1. The minimum Gasteiger partial charge on any atom is -0.484 e. The van der Waals surface area contributed by atoms with Crippen LogP contribution in [-0.2, 0) is 14.3 Å². The molecule has 0 N–H and O–H groups in total. The van der Waals surface area contributed by atoms with Crippen molar-refractivity contribution < 1.29 is 19.1 Å². The van der Waals surface area contributed by atoms with Gasteiger partial charge in [-0.25, -0.2) is 0 Å². The van der Waals surface area contributed by atoms with E-state index in [-0.39, 0.29) is 23.7 Å². The smallest absolute Gasteiger partial charge is 0.315 e. The highest BCUT2D eigenvalue weighted by Crippen LogP contribution is 2.23. The van der Waals surface area contributed by atoms with Crippen LogP contribution in [0.3, 0.4) is 0 Å². The zero-order valence-electron chi connectivity index (χ0n) is 12.3. The van der Waals surface area contributed by atoms with E-state index in [2.05, 4.69) is 4.74 Å². The van der Waals surface area contributed by atoms with Gasteiger partial charge >= 0.3 is 5.97 Å². The standard InChI is InChI=1S/C15H18ClNO4S/c1-20-15(19)10-22-13-6-7-17(8-13)14(18)9-21-12-4-2-11(16)3-5-12/h2-5,13H,6-10H2,1H3/t13-/m1/s1. The Morgan fingerprint density at radius 2 is 2.09 bits per heavy atom. The van der Waals surface area contributed by atoms with E-state index < -0.39 is 0 Å². The zero-order valence-corrected chi connectivity index (χ0v) is 13.9. The Morgan fingerprint density at radius 1 is 1.36 bits per heavy atom. The number of methoxy groups -OCH3 is 1. The average molecular weight is 344 g/mol. The molecular weight excluding hydrogens is 326 g/mol. The van der Waals surface area contributed by atoms with Crippen LogP contribution in [0, 0.1) is 0 Å². The van der Waals surface area contributed by atoms with Crippen molar-refractivity contribution in [3.05, 3.63) is 29.3 Å². The number of likely N-dealkylation sites (tertiary alicyclic amines) is 1. The van der Waals surface area contributed by atoms with Crippen molar-refractivity contribution in [2.24, 2.45) is 0 Å². The molecule has 1 atom stereocenters. The van der Waals surface area contributed by atoms with Gasteiger partial charge in [-0.3, -0.25) is 9.59 Å². The Kier molecular flexibility index (Phi) is 6.39. The molecular formula is C15H18ClNO4S. The summed E-state index contributed by atoms with van der Waals surface area (Å²) in [6, 6.07) is 6.90. The number of nitrogens with zero attached hydrogens (tertiary/aromatic N) is 1. The molecule has 1 aliphatic heterocycles. The number of esters is 1.